The van der Waals surface area contributed by atoms with Gasteiger partial charge in [0.05, 0.1) is 12.8 Å². The lowest BCUT2D eigenvalue weighted by molar-refractivity contribution is 0.0383. The molecule has 0 saturated heterocycles. The number of carbonyl (C=O) groups excluding carboxylic acids is 1. The Morgan fingerprint density at radius 2 is 2.09 bits per heavy atom. The summed E-state index contributed by atoms with van der Waals surface area (Å²) in [4.78, 5) is 15.9. The lowest BCUT2D eigenvalue weighted by atomic mass is 10.2. The summed E-state index contributed by atoms with van der Waals surface area (Å²) in [5.74, 6) is 0.612. The zero-order valence-corrected chi connectivity index (χ0v) is 12.5. The topological polar surface area (TPSA) is 100 Å². The van der Waals surface area contributed by atoms with Crippen molar-refractivity contribution in [3.8, 4) is 17.1 Å². The number of rotatable bonds is 5. The molecule has 0 unspecified atom stereocenters. The number of carbonyl (C=O) groups is 1. The van der Waals surface area contributed by atoms with Crippen molar-refractivity contribution in [2.24, 2.45) is 0 Å². The summed E-state index contributed by atoms with van der Waals surface area (Å²) in [5.41, 5.74) is 1.33. The second kappa shape index (κ2) is 6.30. The normalized spacial score (nSPS) is 10.5. The van der Waals surface area contributed by atoms with Crippen LogP contribution in [0.15, 0.2) is 39.4 Å². The van der Waals surface area contributed by atoms with E-state index in [4.69, 9.17) is 18.5 Å². The summed E-state index contributed by atoms with van der Waals surface area (Å²) in [6.45, 7) is 1.55. The maximum absolute atomic E-state index is 11.7. The second-order valence-electron chi connectivity index (χ2n) is 4.65. The van der Waals surface area contributed by atoms with Crippen LogP contribution in [0.1, 0.15) is 22.1 Å². The van der Waals surface area contributed by atoms with Crippen molar-refractivity contribution in [1.29, 1.82) is 0 Å². The summed E-state index contributed by atoms with van der Waals surface area (Å²) in [6.07, 6.45) is 0. The fourth-order valence-electron chi connectivity index (χ4n) is 1.85. The smallest absolute Gasteiger partial charge is 0.377 e. The number of methoxy groups -OCH3 is 1. The van der Waals surface area contributed by atoms with E-state index in [2.05, 4.69) is 15.3 Å². The van der Waals surface area contributed by atoms with Crippen molar-refractivity contribution >= 4 is 5.97 Å². The molecule has 0 aliphatic rings. The molecule has 0 saturated carbocycles. The van der Waals surface area contributed by atoms with E-state index in [1.165, 1.54) is 6.07 Å². The molecule has 0 amide bonds. The minimum atomic E-state index is -0.647. The lowest BCUT2D eigenvalue weighted by Gasteiger charge is -2.00. The molecule has 0 N–H and O–H groups in total. The van der Waals surface area contributed by atoms with Crippen LogP contribution in [0.2, 0.25) is 0 Å². The number of esters is 1. The van der Waals surface area contributed by atoms with Crippen LogP contribution in [-0.4, -0.2) is 28.4 Å². The van der Waals surface area contributed by atoms with E-state index in [0.717, 1.165) is 5.56 Å². The Hall–Kier alpha value is -3.16. The van der Waals surface area contributed by atoms with Gasteiger partial charge in [-0.3, -0.25) is 0 Å². The first kappa shape index (κ1) is 14.8. The molecule has 8 heteroatoms. The molecule has 0 aliphatic carbocycles. The molecule has 8 nitrogen and oxygen atoms in total. The predicted octanol–water partition coefficient (Wildman–Crippen LogP) is 2.40. The minimum absolute atomic E-state index is 0.0232. The van der Waals surface area contributed by atoms with Crippen molar-refractivity contribution in [2.45, 2.75) is 13.5 Å². The molecule has 2 aromatic heterocycles. The van der Waals surface area contributed by atoms with Gasteiger partial charge in [0.2, 0.25) is 11.6 Å². The minimum Gasteiger partial charge on any atom is -0.497 e. The van der Waals surface area contributed by atoms with Crippen LogP contribution < -0.4 is 4.74 Å². The Kier molecular flexibility index (Phi) is 4.05. The molecule has 0 atom stereocenters. The van der Waals surface area contributed by atoms with Crippen molar-refractivity contribution in [2.75, 3.05) is 7.11 Å². The summed E-state index contributed by atoms with van der Waals surface area (Å²) in [5, 5.41) is 7.46. The van der Waals surface area contributed by atoms with Gasteiger partial charge in [0.1, 0.15) is 5.75 Å². The zero-order valence-electron chi connectivity index (χ0n) is 12.5. The predicted molar refractivity (Wildman–Crippen MR) is 76.6 cm³/mol. The Morgan fingerprint density at radius 3 is 2.83 bits per heavy atom. The van der Waals surface area contributed by atoms with Gasteiger partial charge in [-0.15, -0.1) is 0 Å². The molecule has 3 rings (SSSR count). The standard InChI is InChI=1S/C15H13N3O5/c1-9-6-12(22-17-9)15(19)21-8-13-16-14(18-23-13)10-4-3-5-11(7-10)20-2/h3-7H,8H2,1-2H3. The number of hydrogen-bond donors (Lipinski definition) is 0. The summed E-state index contributed by atoms with van der Waals surface area (Å²) in [6, 6.07) is 8.71. The molecule has 0 aliphatic heterocycles. The number of nitrogens with zero attached hydrogens (tertiary/aromatic N) is 3. The largest absolute Gasteiger partial charge is 0.497 e. The highest BCUT2D eigenvalue weighted by Crippen LogP contribution is 2.21. The van der Waals surface area contributed by atoms with Crippen LogP contribution in [0.4, 0.5) is 0 Å². The molecular weight excluding hydrogens is 302 g/mol. The Bertz CT molecular complexity index is 824. The van der Waals surface area contributed by atoms with Crippen LogP contribution in [-0.2, 0) is 11.3 Å². The highest BCUT2D eigenvalue weighted by molar-refractivity contribution is 5.86. The monoisotopic (exact) mass is 315 g/mol. The summed E-state index contributed by atoms with van der Waals surface area (Å²) < 4.78 is 20.0. The van der Waals surface area contributed by atoms with Gasteiger partial charge in [-0.25, -0.2) is 4.79 Å². The fourth-order valence-corrected chi connectivity index (χ4v) is 1.85. The third kappa shape index (κ3) is 3.37. The maximum Gasteiger partial charge on any atom is 0.377 e. The Balaban J connectivity index is 1.66. The van der Waals surface area contributed by atoms with E-state index in [-0.39, 0.29) is 18.3 Å². The van der Waals surface area contributed by atoms with Crippen molar-refractivity contribution in [3.63, 3.8) is 0 Å². The fraction of sp³-hybridized carbons (Fsp3) is 0.200. The van der Waals surface area contributed by atoms with E-state index in [1.807, 2.05) is 18.2 Å². The van der Waals surface area contributed by atoms with Gasteiger partial charge in [0.15, 0.2) is 6.61 Å². The first-order valence-corrected chi connectivity index (χ1v) is 6.73. The summed E-state index contributed by atoms with van der Waals surface area (Å²) in [7, 11) is 1.57. The van der Waals surface area contributed by atoms with Gasteiger partial charge < -0.3 is 18.5 Å². The highest BCUT2D eigenvalue weighted by Gasteiger charge is 2.16. The molecule has 0 spiro atoms. The third-order valence-electron chi connectivity index (χ3n) is 2.95. The number of hydrogen-bond acceptors (Lipinski definition) is 8. The van der Waals surface area contributed by atoms with Crippen LogP contribution in [0.5, 0.6) is 5.75 Å². The van der Waals surface area contributed by atoms with E-state index in [0.29, 0.717) is 17.3 Å². The molecule has 3 aromatic rings. The number of aromatic nitrogens is 3. The Labute approximate surface area is 131 Å². The van der Waals surface area contributed by atoms with Crippen LogP contribution in [0.25, 0.3) is 11.4 Å². The second-order valence-corrected chi connectivity index (χ2v) is 4.65. The molecular formula is C15H13N3O5. The molecule has 23 heavy (non-hydrogen) atoms. The molecule has 2 heterocycles. The van der Waals surface area contributed by atoms with Crippen molar-refractivity contribution in [1.82, 2.24) is 15.3 Å². The van der Waals surface area contributed by atoms with E-state index < -0.39 is 5.97 Å². The molecule has 1 aromatic carbocycles. The average molecular weight is 315 g/mol. The number of benzene rings is 1. The quantitative estimate of drug-likeness (QED) is 0.662. The van der Waals surface area contributed by atoms with E-state index >= 15 is 0 Å². The maximum atomic E-state index is 11.7. The van der Waals surface area contributed by atoms with Gasteiger partial charge in [-0.1, -0.05) is 22.4 Å². The number of ether oxygens (including phenoxy) is 2. The number of aryl methyl sites for hydroxylation is 1. The zero-order chi connectivity index (χ0) is 16.2. The van der Waals surface area contributed by atoms with E-state index in [1.54, 1.807) is 20.1 Å². The van der Waals surface area contributed by atoms with Gasteiger partial charge in [-0.2, -0.15) is 4.98 Å². The van der Waals surface area contributed by atoms with Crippen molar-refractivity contribution in [3.05, 3.63) is 47.7 Å². The van der Waals surface area contributed by atoms with Crippen molar-refractivity contribution < 1.29 is 23.3 Å². The van der Waals surface area contributed by atoms with Crippen LogP contribution in [0.3, 0.4) is 0 Å². The molecule has 0 bridgehead atoms. The van der Waals surface area contributed by atoms with Crippen LogP contribution in [0, 0.1) is 6.92 Å². The average Bonchev–Trinajstić information content (AvgIpc) is 3.22. The highest BCUT2D eigenvalue weighted by atomic mass is 16.6. The Morgan fingerprint density at radius 1 is 1.22 bits per heavy atom. The van der Waals surface area contributed by atoms with Gasteiger partial charge in [0, 0.05) is 11.6 Å². The first-order chi connectivity index (χ1) is 11.2. The SMILES string of the molecule is COc1cccc(-c2noc(COC(=O)c3cc(C)no3)n2)c1. The molecule has 0 fully saturated rings. The lowest BCUT2D eigenvalue weighted by Crippen LogP contribution is -2.04. The van der Waals surface area contributed by atoms with E-state index in [9.17, 15) is 4.79 Å². The first-order valence-electron chi connectivity index (χ1n) is 6.73. The van der Waals surface area contributed by atoms with Crippen LogP contribution >= 0.6 is 0 Å². The molecule has 0 radical (unpaired) electrons. The third-order valence-corrected chi connectivity index (χ3v) is 2.95. The van der Waals surface area contributed by atoms with Gasteiger partial charge in [-0.05, 0) is 19.1 Å². The summed E-state index contributed by atoms with van der Waals surface area (Å²) >= 11 is 0. The molecule has 118 valence electrons. The van der Waals surface area contributed by atoms with Gasteiger partial charge in [0.25, 0.3) is 5.89 Å². The van der Waals surface area contributed by atoms with Gasteiger partial charge >= 0.3 is 5.97 Å².